The van der Waals surface area contributed by atoms with Gasteiger partial charge in [-0.3, -0.25) is 19.0 Å². The molecule has 2 fully saturated rings. The van der Waals surface area contributed by atoms with E-state index >= 15 is 0 Å². The van der Waals surface area contributed by atoms with E-state index in [1.807, 2.05) is 85.5 Å². The summed E-state index contributed by atoms with van der Waals surface area (Å²) in [4.78, 5) is 51.0. The van der Waals surface area contributed by atoms with Crippen LogP contribution < -0.4 is 5.56 Å². The fraction of sp³-hybridized carbons (Fsp3) is 0.429. The zero-order chi connectivity index (χ0) is 31.7. The van der Waals surface area contributed by atoms with Gasteiger partial charge in [-0.2, -0.15) is 0 Å². The maximum atomic E-state index is 14.1. The Morgan fingerprint density at radius 2 is 1.76 bits per heavy atom. The van der Waals surface area contributed by atoms with Gasteiger partial charge in [-0.25, -0.2) is 4.98 Å². The molecule has 0 bridgehead atoms. The molecule has 10 heteroatoms. The second-order valence-electron chi connectivity index (χ2n) is 13.0. The highest BCUT2D eigenvalue weighted by Crippen LogP contribution is 2.36. The topological polar surface area (TPSA) is 104 Å². The van der Waals surface area contributed by atoms with E-state index in [4.69, 9.17) is 0 Å². The molecule has 4 aromatic rings. The van der Waals surface area contributed by atoms with E-state index in [1.165, 1.54) is 10.9 Å². The van der Waals surface area contributed by atoms with Crippen LogP contribution in [0.2, 0.25) is 0 Å². The van der Waals surface area contributed by atoms with Crippen molar-refractivity contribution in [3.8, 4) is 0 Å². The number of aryl methyl sites for hydroxylation is 1. The summed E-state index contributed by atoms with van der Waals surface area (Å²) in [5.74, 6) is -0.348. The minimum Gasteiger partial charge on any atom is -0.388 e. The van der Waals surface area contributed by atoms with Crippen LogP contribution in [0.4, 0.5) is 0 Å². The molecular weight excluding hydrogens is 568 g/mol. The highest BCUT2D eigenvalue weighted by atomic mass is 16.3. The number of carbonyl (C=O) groups excluding carboxylic acids is 2. The van der Waals surface area contributed by atoms with Crippen molar-refractivity contribution in [1.82, 2.24) is 28.8 Å². The van der Waals surface area contributed by atoms with Crippen molar-refractivity contribution < 1.29 is 14.7 Å². The Morgan fingerprint density at radius 3 is 2.49 bits per heavy atom. The first kappa shape index (κ1) is 30.7. The number of benzene rings is 2. The average molecular weight is 611 g/mol. The van der Waals surface area contributed by atoms with Gasteiger partial charge in [0.15, 0.2) is 0 Å². The van der Waals surface area contributed by atoms with Crippen LogP contribution in [0.5, 0.6) is 0 Å². The predicted molar refractivity (Wildman–Crippen MR) is 173 cm³/mol. The van der Waals surface area contributed by atoms with Gasteiger partial charge in [0.05, 0.1) is 17.5 Å². The number of aromatic nitrogens is 3. The molecule has 0 aliphatic carbocycles. The van der Waals surface area contributed by atoms with Crippen LogP contribution in [0.15, 0.2) is 78.0 Å². The van der Waals surface area contributed by atoms with E-state index in [9.17, 15) is 19.5 Å². The van der Waals surface area contributed by atoms with Crippen molar-refractivity contribution in [3.05, 3.63) is 100 Å². The summed E-state index contributed by atoms with van der Waals surface area (Å²) < 4.78 is 3.28. The lowest BCUT2D eigenvalue weighted by molar-refractivity contribution is -0.142. The summed E-state index contributed by atoms with van der Waals surface area (Å²) in [5, 5.41) is 12.0. The first-order valence-electron chi connectivity index (χ1n) is 15.7. The summed E-state index contributed by atoms with van der Waals surface area (Å²) >= 11 is 0. The predicted octanol–water partition coefficient (Wildman–Crippen LogP) is 3.10. The molecule has 2 amide bonds. The smallest absolute Gasteiger partial charge is 0.262 e. The van der Waals surface area contributed by atoms with Gasteiger partial charge in [0.1, 0.15) is 12.0 Å². The maximum absolute atomic E-state index is 14.1. The van der Waals surface area contributed by atoms with Crippen LogP contribution in [0.3, 0.4) is 0 Å². The lowest BCUT2D eigenvalue weighted by Crippen LogP contribution is -2.53. The van der Waals surface area contributed by atoms with Gasteiger partial charge in [0.25, 0.3) is 11.5 Å². The molecule has 2 atom stereocenters. The third-order valence-electron chi connectivity index (χ3n) is 9.44. The van der Waals surface area contributed by atoms with Crippen molar-refractivity contribution >= 4 is 22.8 Å². The highest BCUT2D eigenvalue weighted by molar-refractivity contribution is 5.94. The maximum Gasteiger partial charge on any atom is 0.262 e. The fourth-order valence-corrected chi connectivity index (χ4v) is 6.97. The monoisotopic (exact) mass is 610 g/mol. The van der Waals surface area contributed by atoms with Crippen LogP contribution in [0.1, 0.15) is 46.7 Å². The van der Waals surface area contributed by atoms with Crippen LogP contribution in [-0.2, 0) is 24.9 Å². The summed E-state index contributed by atoms with van der Waals surface area (Å²) in [6.45, 7) is 2.67. The standard InChI is InChI=1S/C35H42N6O4/c1-37(2)21-25-8-7-11-27(20-25)32(42)40-17-13-28(30(22-40)26-9-5-4-6-10-26)33(43)39-18-14-35(45,15-19-39)23-41-24-36-31-29(34(41)44)12-16-38(31)3/h4-12,16,20,24,28,30,45H,13-15,17-19,21-23H2,1-3H3/t28-,30+/m1/s1. The Bertz CT molecular complexity index is 1740. The Morgan fingerprint density at radius 1 is 1.00 bits per heavy atom. The van der Waals surface area contributed by atoms with E-state index < -0.39 is 5.60 Å². The molecule has 2 aromatic carbocycles. The van der Waals surface area contributed by atoms with E-state index in [1.54, 1.807) is 16.8 Å². The first-order chi connectivity index (χ1) is 21.6. The van der Waals surface area contributed by atoms with Gasteiger partial charge in [-0.1, -0.05) is 42.5 Å². The van der Waals surface area contributed by atoms with Crippen molar-refractivity contribution in [2.75, 3.05) is 40.3 Å². The molecule has 1 N–H and O–H groups in total. The molecule has 236 valence electrons. The molecule has 10 nitrogen and oxygen atoms in total. The number of hydrogen-bond donors (Lipinski definition) is 1. The van der Waals surface area contributed by atoms with Crippen LogP contribution >= 0.6 is 0 Å². The molecule has 4 heterocycles. The molecule has 2 aromatic heterocycles. The lowest BCUT2D eigenvalue weighted by Gasteiger charge is -2.43. The van der Waals surface area contributed by atoms with Gasteiger partial charge in [-0.15, -0.1) is 0 Å². The van der Waals surface area contributed by atoms with E-state index in [0.29, 0.717) is 62.0 Å². The normalized spacial score (nSPS) is 20.1. The van der Waals surface area contributed by atoms with Gasteiger partial charge in [0, 0.05) is 63.4 Å². The Kier molecular flexibility index (Phi) is 8.61. The average Bonchev–Trinajstić information content (AvgIpc) is 3.43. The minimum atomic E-state index is -1.11. The fourth-order valence-electron chi connectivity index (χ4n) is 6.97. The largest absolute Gasteiger partial charge is 0.388 e. The molecule has 0 spiro atoms. The van der Waals surface area contributed by atoms with Crippen molar-refractivity contribution in [2.24, 2.45) is 13.0 Å². The van der Waals surface area contributed by atoms with Crippen LogP contribution in [-0.4, -0.2) is 91.6 Å². The summed E-state index contributed by atoms with van der Waals surface area (Å²) in [6, 6.07) is 19.6. The SMILES string of the molecule is CN(C)Cc1cccc(C(=O)N2CC[C@@H](C(=O)N3CCC(O)(Cn4cnc5c(ccn5C)c4=O)CC3)[C@H](c3ccccc3)C2)c1. The molecule has 0 unspecified atom stereocenters. The highest BCUT2D eigenvalue weighted by Gasteiger charge is 2.41. The molecule has 45 heavy (non-hydrogen) atoms. The number of carbonyl (C=O) groups is 2. The minimum absolute atomic E-state index is 0.0103. The van der Waals surface area contributed by atoms with Crippen LogP contribution in [0.25, 0.3) is 11.0 Å². The van der Waals surface area contributed by atoms with E-state index in [0.717, 1.165) is 17.7 Å². The first-order valence-corrected chi connectivity index (χ1v) is 15.7. The van der Waals surface area contributed by atoms with Gasteiger partial charge >= 0.3 is 0 Å². The van der Waals surface area contributed by atoms with Gasteiger partial charge in [0.2, 0.25) is 5.91 Å². The van der Waals surface area contributed by atoms with Gasteiger partial charge < -0.3 is 24.4 Å². The van der Waals surface area contributed by atoms with E-state index in [2.05, 4.69) is 9.88 Å². The number of rotatable bonds is 7. The Balaban J connectivity index is 1.15. The number of aliphatic hydroxyl groups is 1. The third-order valence-corrected chi connectivity index (χ3v) is 9.44. The number of likely N-dealkylation sites (tertiary alicyclic amines) is 2. The third kappa shape index (κ3) is 6.43. The number of fused-ring (bicyclic) bond motifs is 1. The molecular formula is C35H42N6O4. The summed E-state index contributed by atoms with van der Waals surface area (Å²) in [7, 11) is 5.86. The Hall–Kier alpha value is -4.28. The molecule has 2 aliphatic rings. The number of hydrogen-bond acceptors (Lipinski definition) is 6. The second kappa shape index (κ2) is 12.6. The van der Waals surface area contributed by atoms with Crippen molar-refractivity contribution in [2.45, 2.75) is 43.9 Å². The van der Waals surface area contributed by atoms with Gasteiger partial charge in [-0.05, 0) is 62.7 Å². The van der Waals surface area contributed by atoms with E-state index in [-0.39, 0.29) is 35.8 Å². The summed E-state index contributed by atoms with van der Waals surface area (Å²) in [5.41, 5.74) is 2.13. The molecule has 6 rings (SSSR count). The zero-order valence-electron chi connectivity index (χ0n) is 26.3. The molecule has 0 saturated carbocycles. The van der Waals surface area contributed by atoms with Crippen LogP contribution in [0, 0.1) is 5.92 Å². The molecule has 2 aliphatic heterocycles. The van der Waals surface area contributed by atoms with Crippen molar-refractivity contribution in [1.29, 1.82) is 0 Å². The lowest BCUT2D eigenvalue weighted by atomic mass is 9.79. The number of nitrogens with zero attached hydrogens (tertiary/aromatic N) is 6. The zero-order valence-corrected chi connectivity index (χ0v) is 26.3. The second-order valence-corrected chi connectivity index (χ2v) is 13.0. The number of piperidine rings is 2. The Labute approximate surface area is 263 Å². The van der Waals surface area contributed by atoms with Crippen molar-refractivity contribution in [3.63, 3.8) is 0 Å². The number of amides is 2. The quantitative estimate of drug-likeness (QED) is 0.345. The molecule has 2 saturated heterocycles. The summed E-state index contributed by atoms with van der Waals surface area (Å²) in [6.07, 6.45) is 4.61. The molecule has 0 radical (unpaired) electrons.